The van der Waals surface area contributed by atoms with Gasteiger partial charge < -0.3 is 19.8 Å². The number of nitrogens with zero attached hydrogens (tertiary/aromatic N) is 4. The molecule has 3 aromatic rings. The number of rotatable bonds is 7. The lowest BCUT2D eigenvalue weighted by molar-refractivity contribution is 0.312. The molecule has 1 aromatic carbocycles. The number of ether oxygens (including phenoxy) is 1. The van der Waals surface area contributed by atoms with E-state index in [0.717, 1.165) is 5.76 Å². The van der Waals surface area contributed by atoms with Crippen LogP contribution in [0.25, 0.3) is 0 Å². The zero-order chi connectivity index (χ0) is 17.5. The van der Waals surface area contributed by atoms with E-state index in [-0.39, 0.29) is 6.01 Å². The lowest BCUT2D eigenvalue weighted by atomic mass is 10.2. The van der Waals surface area contributed by atoms with E-state index in [1.54, 1.807) is 24.5 Å². The standard InChI is InChI=1S/C17H16N6O2/c1-2-24-17-22-15(19-11-14-7-4-8-25-14)21-16(23-17)20-13-6-3-5-12(9-13)10-18/h3-9H,2,11H2,1H3,(H2,19,20,21,22,23). The molecule has 126 valence electrons. The first kappa shape index (κ1) is 16.3. The average Bonchev–Trinajstić information content (AvgIpc) is 3.14. The SMILES string of the molecule is CCOc1nc(NCc2ccco2)nc(Nc2cccc(C#N)c2)n1. The van der Waals surface area contributed by atoms with Gasteiger partial charge in [0.1, 0.15) is 5.76 Å². The number of nitriles is 1. The Balaban J connectivity index is 1.80. The van der Waals surface area contributed by atoms with Crippen LogP contribution in [0.4, 0.5) is 17.6 Å². The molecule has 0 saturated carbocycles. The lowest BCUT2D eigenvalue weighted by Gasteiger charge is -2.10. The van der Waals surface area contributed by atoms with Crippen LogP contribution in [-0.2, 0) is 6.54 Å². The smallest absolute Gasteiger partial charge is 0.323 e. The third-order valence-electron chi connectivity index (χ3n) is 3.14. The van der Waals surface area contributed by atoms with Crippen LogP contribution in [0.3, 0.4) is 0 Å². The Labute approximate surface area is 144 Å². The summed E-state index contributed by atoms with van der Waals surface area (Å²) < 4.78 is 10.7. The Bertz CT molecular complexity index is 873. The van der Waals surface area contributed by atoms with Crippen LogP contribution in [0.1, 0.15) is 18.2 Å². The van der Waals surface area contributed by atoms with Crippen LogP contribution in [0.2, 0.25) is 0 Å². The zero-order valence-electron chi connectivity index (χ0n) is 13.6. The molecule has 0 unspecified atom stereocenters. The molecule has 0 saturated heterocycles. The predicted octanol–water partition coefficient (Wildman–Crippen LogP) is 3.09. The fraction of sp³-hybridized carbons (Fsp3) is 0.176. The number of hydrogen-bond donors (Lipinski definition) is 2. The quantitative estimate of drug-likeness (QED) is 0.677. The van der Waals surface area contributed by atoms with Crippen LogP contribution in [0.5, 0.6) is 6.01 Å². The van der Waals surface area contributed by atoms with Gasteiger partial charge in [-0.25, -0.2) is 0 Å². The molecule has 0 fully saturated rings. The first-order valence-electron chi connectivity index (χ1n) is 7.69. The number of hydrogen-bond acceptors (Lipinski definition) is 8. The minimum absolute atomic E-state index is 0.207. The van der Waals surface area contributed by atoms with Gasteiger partial charge in [0, 0.05) is 5.69 Å². The van der Waals surface area contributed by atoms with Crippen molar-refractivity contribution < 1.29 is 9.15 Å². The molecule has 2 heterocycles. The Morgan fingerprint density at radius 3 is 2.80 bits per heavy atom. The maximum Gasteiger partial charge on any atom is 0.323 e. The molecule has 0 amide bonds. The Kier molecular flexibility index (Phi) is 5.07. The summed E-state index contributed by atoms with van der Waals surface area (Å²) in [5.41, 5.74) is 1.24. The summed E-state index contributed by atoms with van der Waals surface area (Å²) in [4.78, 5) is 12.7. The predicted molar refractivity (Wildman–Crippen MR) is 91.5 cm³/mol. The van der Waals surface area contributed by atoms with Gasteiger partial charge in [-0.2, -0.15) is 20.2 Å². The molecule has 0 bridgehead atoms. The first-order valence-corrected chi connectivity index (χ1v) is 7.69. The molecule has 2 N–H and O–H groups in total. The minimum Gasteiger partial charge on any atom is -0.467 e. The van der Waals surface area contributed by atoms with E-state index in [4.69, 9.17) is 14.4 Å². The molecular weight excluding hydrogens is 320 g/mol. The van der Waals surface area contributed by atoms with Crippen LogP contribution in [-0.4, -0.2) is 21.6 Å². The molecule has 0 aliphatic carbocycles. The van der Waals surface area contributed by atoms with Gasteiger partial charge in [-0.3, -0.25) is 0 Å². The zero-order valence-corrected chi connectivity index (χ0v) is 13.6. The van der Waals surface area contributed by atoms with Crippen LogP contribution in [0.15, 0.2) is 47.1 Å². The molecule has 0 radical (unpaired) electrons. The van der Waals surface area contributed by atoms with Gasteiger partial charge in [-0.15, -0.1) is 0 Å². The minimum atomic E-state index is 0.207. The maximum atomic E-state index is 8.99. The summed E-state index contributed by atoms with van der Waals surface area (Å²) in [6, 6.07) is 13.0. The second-order valence-corrected chi connectivity index (χ2v) is 4.95. The van der Waals surface area contributed by atoms with Crippen LogP contribution >= 0.6 is 0 Å². The third kappa shape index (κ3) is 4.45. The number of nitrogens with one attached hydrogen (secondary N) is 2. The van der Waals surface area contributed by atoms with Crippen molar-refractivity contribution >= 4 is 17.6 Å². The van der Waals surface area contributed by atoms with E-state index in [1.165, 1.54) is 0 Å². The highest BCUT2D eigenvalue weighted by atomic mass is 16.5. The monoisotopic (exact) mass is 336 g/mol. The highest BCUT2D eigenvalue weighted by Crippen LogP contribution is 2.18. The average molecular weight is 336 g/mol. The number of furan rings is 1. The van der Waals surface area contributed by atoms with Crippen molar-refractivity contribution in [2.45, 2.75) is 13.5 Å². The Hall–Kier alpha value is -3.60. The number of anilines is 3. The molecule has 0 spiro atoms. The van der Waals surface area contributed by atoms with Gasteiger partial charge in [0.2, 0.25) is 11.9 Å². The van der Waals surface area contributed by atoms with Crippen LogP contribution in [0, 0.1) is 11.3 Å². The molecule has 0 aliphatic heterocycles. The molecule has 3 rings (SSSR count). The highest BCUT2D eigenvalue weighted by Gasteiger charge is 2.09. The van der Waals surface area contributed by atoms with Crippen LogP contribution < -0.4 is 15.4 Å². The first-order chi connectivity index (χ1) is 12.3. The topological polar surface area (TPSA) is 109 Å². The van der Waals surface area contributed by atoms with Crippen molar-refractivity contribution in [3.05, 3.63) is 54.0 Å². The summed E-state index contributed by atoms with van der Waals surface area (Å²) in [6.07, 6.45) is 1.60. The molecule has 8 nitrogen and oxygen atoms in total. The Morgan fingerprint density at radius 2 is 2.04 bits per heavy atom. The molecule has 2 aromatic heterocycles. The molecule has 0 atom stereocenters. The van der Waals surface area contributed by atoms with Crippen molar-refractivity contribution in [3.63, 3.8) is 0 Å². The summed E-state index contributed by atoms with van der Waals surface area (Å²) in [6.45, 7) is 2.72. The molecule has 8 heteroatoms. The second kappa shape index (κ2) is 7.79. The fourth-order valence-electron chi connectivity index (χ4n) is 2.06. The second-order valence-electron chi connectivity index (χ2n) is 4.95. The van der Waals surface area contributed by atoms with Gasteiger partial charge in [0.25, 0.3) is 0 Å². The van der Waals surface area contributed by atoms with E-state index >= 15 is 0 Å². The normalized spacial score (nSPS) is 10.1. The third-order valence-corrected chi connectivity index (χ3v) is 3.14. The summed E-state index contributed by atoms with van der Waals surface area (Å²) in [7, 11) is 0. The summed E-state index contributed by atoms with van der Waals surface area (Å²) in [5, 5.41) is 15.1. The van der Waals surface area contributed by atoms with E-state index in [9.17, 15) is 0 Å². The van der Waals surface area contributed by atoms with Gasteiger partial charge in [0.05, 0.1) is 31.0 Å². The maximum absolute atomic E-state index is 8.99. The number of aromatic nitrogens is 3. The van der Waals surface area contributed by atoms with Crippen molar-refractivity contribution in [2.75, 3.05) is 17.2 Å². The van der Waals surface area contributed by atoms with E-state index in [1.807, 2.05) is 25.1 Å². The van der Waals surface area contributed by atoms with Gasteiger partial charge >= 0.3 is 6.01 Å². The fourth-order valence-corrected chi connectivity index (χ4v) is 2.06. The van der Waals surface area contributed by atoms with Crippen molar-refractivity contribution in [3.8, 4) is 12.1 Å². The largest absolute Gasteiger partial charge is 0.467 e. The number of benzene rings is 1. The van der Waals surface area contributed by atoms with Crippen molar-refractivity contribution in [1.29, 1.82) is 5.26 Å². The van der Waals surface area contributed by atoms with Gasteiger partial charge in [-0.1, -0.05) is 6.07 Å². The summed E-state index contributed by atoms with van der Waals surface area (Å²) in [5.74, 6) is 1.43. The Morgan fingerprint density at radius 1 is 1.16 bits per heavy atom. The summed E-state index contributed by atoms with van der Waals surface area (Å²) >= 11 is 0. The molecular formula is C17H16N6O2. The van der Waals surface area contributed by atoms with E-state index < -0.39 is 0 Å². The molecule has 25 heavy (non-hydrogen) atoms. The highest BCUT2D eigenvalue weighted by molar-refractivity contribution is 5.57. The molecule has 0 aliphatic rings. The van der Waals surface area contributed by atoms with E-state index in [2.05, 4.69) is 31.7 Å². The van der Waals surface area contributed by atoms with Gasteiger partial charge in [0.15, 0.2) is 0 Å². The lowest BCUT2D eigenvalue weighted by Crippen LogP contribution is -2.09. The van der Waals surface area contributed by atoms with Gasteiger partial charge in [-0.05, 0) is 37.3 Å². The van der Waals surface area contributed by atoms with E-state index in [0.29, 0.717) is 36.3 Å². The van der Waals surface area contributed by atoms with Crippen molar-refractivity contribution in [1.82, 2.24) is 15.0 Å². The van der Waals surface area contributed by atoms with Crippen molar-refractivity contribution in [2.24, 2.45) is 0 Å².